The van der Waals surface area contributed by atoms with Crippen LogP contribution < -0.4 is 5.32 Å². The van der Waals surface area contributed by atoms with Crippen molar-refractivity contribution in [3.05, 3.63) is 33.7 Å². The van der Waals surface area contributed by atoms with Crippen molar-refractivity contribution in [3.63, 3.8) is 0 Å². The minimum atomic E-state index is -0.400. The lowest BCUT2D eigenvalue weighted by atomic mass is 10.2. The maximum Gasteiger partial charge on any atom is 0.279 e. The summed E-state index contributed by atoms with van der Waals surface area (Å²) in [6.45, 7) is 1.80. The molecule has 11 heavy (non-hydrogen) atoms. The van der Waals surface area contributed by atoms with Gasteiger partial charge in [-0.25, -0.2) is 0 Å². The summed E-state index contributed by atoms with van der Waals surface area (Å²) in [7, 11) is 0. The maximum absolute atomic E-state index is 10.4. The fourth-order valence-electron chi connectivity index (χ4n) is 0.783. The fraction of sp³-hybridized carbons (Fsp3) is 0.333. The number of rotatable bonds is 1. The third kappa shape index (κ3) is 1.80. The average molecular weight is 219 g/mol. The Morgan fingerprint density at radius 1 is 1.82 bits per heavy atom. The van der Waals surface area contributed by atoms with Crippen molar-refractivity contribution in [3.8, 4) is 0 Å². The number of nitrogens with zero attached hydrogens (tertiary/aromatic N) is 1. The molecule has 1 rings (SSSR count). The van der Waals surface area contributed by atoms with E-state index in [4.69, 9.17) is 0 Å². The largest absolute Gasteiger partial charge is 0.370 e. The summed E-state index contributed by atoms with van der Waals surface area (Å²) in [4.78, 5) is 9.58. The van der Waals surface area contributed by atoms with Crippen LogP contribution in [0.1, 0.15) is 6.92 Å². The predicted molar refractivity (Wildman–Crippen MR) is 44.7 cm³/mol. The van der Waals surface area contributed by atoms with Crippen LogP contribution in [0.5, 0.6) is 0 Å². The molecule has 0 aromatic carbocycles. The smallest absolute Gasteiger partial charge is 0.279 e. The zero-order valence-electron chi connectivity index (χ0n) is 5.87. The number of hydrogen-bond donors (Lipinski definition) is 1. The van der Waals surface area contributed by atoms with Crippen molar-refractivity contribution in [2.45, 2.75) is 11.9 Å². The van der Waals surface area contributed by atoms with Crippen LogP contribution in [0.3, 0.4) is 0 Å². The van der Waals surface area contributed by atoms with Gasteiger partial charge in [-0.1, -0.05) is 15.9 Å². The Kier molecular flexibility index (Phi) is 2.28. The van der Waals surface area contributed by atoms with E-state index in [1.807, 2.05) is 0 Å². The summed E-state index contributed by atoms with van der Waals surface area (Å²) in [6.07, 6.45) is 3.27. The van der Waals surface area contributed by atoms with Crippen molar-refractivity contribution in [1.82, 2.24) is 5.32 Å². The molecule has 0 fully saturated rings. The Balaban J connectivity index is 2.90. The third-order valence-corrected chi connectivity index (χ3v) is 2.04. The minimum Gasteiger partial charge on any atom is -0.370 e. The molecule has 0 amide bonds. The van der Waals surface area contributed by atoms with Crippen LogP contribution in [0.25, 0.3) is 0 Å². The molecule has 1 heterocycles. The van der Waals surface area contributed by atoms with Gasteiger partial charge in [0.15, 0.2) is 4.95 Å². The van der Waals surface area contributed by atoms with Crippen molar-refractivity contribution in [2.24, 2.45) is 0 Å². The second-order valence-electron chi connectivity index (χ2n) is 2.24. The zero-order valence-corrected chi connectivity index (χ0v) is 7.46. The van der Waals surface area contributed by atoms with E-state index in [1.165, 1.54) is 6.08 Å². The number of nitrogens with one attached hydrogen (secondary N) is 1. The minimum absolute atomic E-state index is 0.144. The Bertz CT molecular complexity index is 247. The number of alkyl halides is 1. The van der Waals surface area contributed by atoms with E-state index in [-0.39, 0.29) is 10.6 Å². The fourth-order valence-corrected chi connectivity index (χ4v) is 1.21. The van der Waals surface area contributed by atoms with Gasteiger partial charge in [0.1, 0.15) is 0 Å². The molecule has 60 valence electrons. The van der Waals surface area contributed by atoms with Gasteiger partial charge in [-0.2, -0.15) is 0 Å². The molecule has 0 aromatic rings. The Labute approximate surface area is 72.2 Å². The van der Waals surface area contributed by atoms with Crippen LogP contribution in [-0.4, -0.2) is 9.87 Å². The second kappa shape index (κ2) is 3.04. The zero-order chi connectivity index (χ0) is 8.43. The van der Waals surface area contributed by atoms with E-state index in [0.29, 0.717) is 0 Å². The maximum atomic E-state index is 10.4. The topological polar surface area (TPSA) is 55.2 Å². The molecule has 0 spiro atoms. The van der Waals surface area contributed by atoms with Gasteiger partial charge >= 0.3 is 0 Å². The third-order valence-electron chi connectivity index (χ3n) is 1.30. The highest BCUT2D eigenvalue weighted by molar-refractivity contribution is 9.09. The summed E-state index contributed by atoms with van der Waals surface area (Å²) in [5.41, 5.74) is 0.998. The molecule has 0 radical (unpaired) electrons. The monoisotopic (exact) mass is 218 g/mol. The molecule has 0 aliphatic carbocycles. The van der Waals surface area contributed by atoms with Crippen molar-refractivity contribution in [1.29, 1.82) is 0 Å². The molecule has 0 saturated heterocycles. The quantitative estimate of drug-likeness (QED) is 0.313. The summed E-state index contributed by atoms with van der Waals surface area (Å²) >= 11 is 3.12. The first-order valence-electron chi connectivity index (χ1n) is 3.04. The molecular weight excluding hydrogens is 212 g/mol. The first-order chi connectivity index (χ1) is 5.11. The molecule has 4 nitrogen and oxygen atoms in total. The van der Waals surface area contributed by atoms with Crippen LogP contribution in [-0.2, 0) is 0 Å². The molecule has 1 unspecified atom stereocenters. The van der Waals surface area contributed by atoms with E-state index in [0.717, 1.165) is 5.57 Å². The number of nitro groups is 1. The van der Waals surface area contributed by atoms with Gasteiger partial charge in [0.2, 0.25) is 0 Å². The molecule has 1 atom stereocenters. The van der Waals surface area contributed by atoms with Crippen LogP contribution in [0.4, 0.5) is 0 Å². The summed E-state index contributed by atoms with van der Waals surface area (Å²) in [5, 5.41) is 13.2. The van der Waals surface area contributed by atoms with Gasteiger partial charge < -0.3 is 5.32 Å². The van der Waals surface area contributed by atoms with Gasteiger partial charge in [-0.15, -0.1) is 0 Å². The van der Waals surface area contributed by atoms with Gasteiger partial charge in [-0.3, -0.25) is 10.1 Å². The highest BCUT2D eigenvalue weighted by Crippen LogP contribution is 2.16. The van der Waals surface area contributed by atoms with Crippen LogP contribution >= 0.6 is 15.9 Å². The molecule has 1 aliphatic heterocycles. The molecule has 1 aliphatic rings. The number of hydrogen-bond acceptors (Lipinski definition) is 3. The van der Waals surface area contributed by atoms with E-state index < -0.39 is 4.92 Å². The summed E-state index contributed by atoms with van der Waals surface area (Å²) in [5.74, 6) is 0. The number of halogens is 1. The lowest BCUT2D eigenvalue weighted by Gasteiger charge is -2.12. The molecular formula is C6H7BrN2O2. The molecule has 5 heteroatoms. The molecule has 0 bridgehead atoms. The van der Waals surface area contributed by atoms with Gasteiger partial charge in [-0.05, 0) is 12.5 Å². The van der Waals surface area contributed by atoms with Gasteiger partial charge in [0.05, 0.1) is 4.92 Å². The lowest BCUT2D eigenvalue weighted by Crippen LogP contribution is -2.27. The Morgan fingerprint density at radius 3 is 2.91 bits per heavy atom. The first-order valence-corrected chi connectivity index (χ1v) is 3.95. The van der Waals surface area contributed by atoms with E-state index in [1.54, 1.807) is 13.1 Å². The van der Waals surface area contributed by atoms with Crippen LogP contribution in [0, 0.1) is 10.1 Å². The van der Waals surface area contributed by atoms with Crippen molar-refractivity contribution >= 4 is 15.9 Å². The second-order valence-corrected chi connectivity index (χ2v) is 3.16. The Hall–Kier alpha value is -0.840. The van der Waals surface area contributed by atoms with E-state index in [9.17, 15) is 10.1 Å². The van der Waals surface area contributed by atoms with Gasteiger partial charge in [0, 0.05) is 12.3 Å². The van der Waals surface area contributed by atoms with Crippen LogP contribution in [0.15, 0.2) is 23.5 Å². The normalized spacial score (nSPS) is 23.3. The highest BCUT2D eigenvalue weighted by atomic mass is 79.9. The summed E-state index contributed by atoms with van der Waals surface area (Å²) in [6, 6.07) is 0. The van der Waals surface area contributed by atoms with Crippen LogP contribution in [0.2, 0.25) is 0 Å². The van der Waals surface area contributed by atoms with Gasteiger partial charge in [0.25, 0.3) is 5.70 Å². The lowest BCUT2D eigenvalue weighted by molar-refractivity contribution is -0.427. The number of dihydropyridines is 1. The standard InChI is InChI=1S/C6H7BrN2O2/c1-4-2-5(9(10)11)6(7)8-3-4/h2-3,6,8H,1H3. The Morgan fingerprint density at radius 2 is 2.45 bits per heavy atom. The predicted octanol–water partition coefficient (Wildman–Crippen LogP) is 1.38. The molecule has 1 N–H and O–H groups in total. The SMILES string of the molecule is CC1=CNC(Br)C([N+](=O)[O-])=C1. The first kappa shape index (κ1) is 8.26. The average Bonchev–Trinajstić information content (AvgIpc) is 1.94. The van der Waals surface area contributed by atoms with E-state index in [2.05, 4.69) is 21.2 Å². The number of allylic oxidation sites excluding steroid dienone is 2. The molecule has 0 saturated carbocycles. The van der Waals surface area contributed by atoms with Crippen molar-refractivity contribution < 1.29 is 4.92 Å². The van der Waals surface area contributed by atoms with E-state index >= 15 is 0 Å². The summed E-state index contributed by atoms with van der Waals surface area (Å²) < 4.78 is 0. The highest BCUT2D eigenvalue weighted by Gasteiger charge is 2.23. The molecule has 0 aromatic heterocycles. The van der Waals surface area contributed by atoms with Crippen molar-refractivity contribution in [2.75, 3.05) is 0 Å².